The molecule has 0 saturated carbocycles. The SMILES string of the molecule is COC(=O)c1ccccc1Nc1nc2c(ccc3ccccc32)s1. The molecule has 0 aliphatic heterocycles. The molecular formula is C19H14N2O2S. The van der Waals surface area contributed by atoms with Gasteiger partial charge in [0.25, 0.3) is 0 Å². The summed E-state index contributed by atoms with van der Waals surface area (Å²) in [6.07, 6.45) is 0. The Morgan fingerprint density at radius 3 is 2.71 bits per heavy atom. The number of hydrogen-bond acceptors (Lipinski definition) is 5. The number of carbonyl (C=O) groups excluding carboxylic acids is 1. The zero-order chi connectivity index (χ0) is 16.5. The van der Waals surface area contributed by atoms with Gasteiger partial charge >= 0.3 is 5.97 Å². The molecule has 4 aromatic rings. The molecule has 0 fully saturated rings. The van der Waals surface area contributed by atoms with Crippen LogP contribution in [0.1, 0.15) is 10.4 Å². The van der Waals surface area contributed by atoms with Gasteiger partial charge in [0.1, 0.15) is 0 Å². The zero-order valence-corrected chi connectivity index (χ0v) is 13.8. The Morgan fingerprint density at radius 2 is 1.83 bits per heavy atom. The summed E-state index contributed by atoms with van der Waals surface area (Å²) < 4.78 is 5.94. The second-order valence-corrected chi connectivity index (χ2v) is 6.35. The Kier molecular flexibility index (Phi) is 3.63. The van der Waals surface area contributed by atoms with Crippen molar-refractivity contribution in [2.45, 2.75) is 0 Å². The molecule has 24 heavy (non-hydrogen) atoms. The van der Waals surface area contributed by atoms with Crippen LogP contribution in [0.2, 0.25) is 0 Å². The van der Waals surface area contributed by atoms with Crippen molar-refractivity contribution >= 4 is 49.1 Å². The second-order valence-electron chi connectivity index (χ2n) is 5.31. The summed E-state index contributed by atoms with van der Waals surface area (Å²) >= 11 is 1.56. The van der Waals surface area contributed by atoms with Crippen LogP contribution < -0.4 is 5.32 Å². The normalized spacial score (nSPS) is 10.9. The zero-order valence-electron chi connectivity index (χ0n) is 12.9. The maximum Gasteiger partial charge on any atom is 0.339 e. The van der Waals surface area contributed by atoms with Crippen LogP contribution in [0.5, 0.6) is 0 Å². The number of methoxy groups -OCH3 is 1. The highest BCUT2D eigenvalue weighted by Gasteiger charge is 2.13. The van der Waals surface area contributed by atoms with Crippen molar-refractivity contribution in [3.63, 3.8) is 0 Å². The molecular weight excluding hydrogens is 320 g/mol. The quantitative estimate of drug-likeness (QED) is 0.537. The minimum atomic E-state index is -0.371. The fraction of sp³-hybridized carbons (Fsp3) is 0.0526. The first-order valence-corrected chi connectivity index (χ1v) is 8.30. The number of aromatic nitrogens is 1. The van der Waals surface area contributed by atoms with Gasteiger partial charge < -0.3 is 10.1 Å². The van der Waals surface area contributed by atoms with Gasteiger partial charge in [-0.05, 0) is 23.6 Å². The lowest BCUT2D eigenvalue weighted by Crippen LogP contribution is -2.05. The third-order valence-electron chi connectivity index (χ3n) is 3.86. The summed E-state index contributed by atoms with van der Waals surface area (Å²) in [6.45, 7) is 0. The predicted molar refractivity (Wildman–Crippen MR) is 98.2 cm³/mol. The highest BCUT2D eigenvalue weighted by atomic mass is 32.1. The first kappa shape index (κ1) is 14.7. The first-order chi connectivity index (χ1) is 11.8. The van der Waals surface area contributed by atoms with Gasteiger partial charge in [-0.25, -0.2) is 9.78 Å². The summed E-state index contributed by atoms with van der Waals surface area (Å²) in [5, 5.41) is 6.29. The van der Waals surface area contributed by atoms with Crippen LogP contribution >= 0.6 is 11.3 Å². The fourth-order valence-electron chi connectivity index (χ4n) is 2.71. The van der Waals surface area contributed by atoms with Crippen molar-refractivity contribution in [2.75, 3.05) is 12.4 Å². The number of benzene rings is 3. The van der Waals surface area contributed by atoms with Crippen LogP contribution in [-0.4, -0.2) is 18.1 Å². The summed E-state index contributed by atoms with van der Waals surface area (Å²) in [5.41, 5.74) is 2.15. The van der Waals surface area contributed by atoms with Gasteiger partial charge in [0.15, 0.2) is 5.13 Å². The van der Waals surface area contributed by atoms with Crippen molar-refractivity contribution < 1.29 is 9.53 Å². The highest BCUT2D eigenvalue weighted by Crippen LogP contribution is 2.33. The third-order valence-corrected chi connectivity index (χ3v) is 4.79. The molecule has 1 aromatic heterocycles. The number of hydrogen-bond donors (Lipinski definition) is 1. The van der Waals surface area contributed by atoms with E-state index in [1.807, 2.05) is 30.3 Å². The fourth-order valence-corrected chi connectivity index (χ4v) is 3.60. The Balaban J connectivity index is 1.79. The number of rotatable bonds is 3. The number of esters is 1. The largest absolute Gasteiger partial charge is 0.465 e. The highest BCUT2D eigenvalue weighted by molar-refractivity contribution is 7.22. The topological polar surface area (TPSA) is 51.2 Å². The van der Waals surface area contributed by atoms with Crippen molar-refractivity contribution in [3.05, 3.63) is 66.2 Å². The maximum absolute atomic E-state index is 11.9. The summed E-state index contributed by atoms with van der Waals surface area (Å²) in [5.74, 6) is -0.371. The molecule has 4 rings (SSSR count). The Hall–Kier alpha value is -2.92. The average Bonchev–Trinajstić information content (AvgIpc) is 3.04. The van der Waals surface area contributed by atoms with E-state index in [1.54, 1.807) is 17.4 Å². The molecule has 0 unspecified atom stereocenters. The standard InChI is InChI=1S/C19H14N2O2S/c1-23-18(22)14-8-4-5-9-15(14)20-19-21-17-13-7-3-2-6-12(13)10-11-16(17)24-19/h2-11H,1H3,(H,20,21). The van der Waals surface area contributed by atoms with Crippen molar-refractivity contribution in [2.24, 2.45) is 0 Å². The van der Waals surface area contributed by atoms with Crippen LogP contribution in [0.3, 0.4) is 0 Å². The molecule has 0 aliphatic rings. The van der Waals surface area contributed by atoms with Crippen LogP contribution in [0, 0.1) is 0 Å². The monoisotopic (exact) mass is 334 g/mol. The number of ether oxygens (including phenoxy) is 1. The molecule has 5 heteroatoms. The molecule has 0 saturated heterocycles. The molecule has 0 atom stereocenters. The number of nitrogens with one attached hydrogen (secondary N) is 1. The first-order valence-electron chi connectivity index (χ1n) is 7.49. The van der Waals surface area contributed by atoms with Gasteiger partial charge in [0.2, 0.25) is 0 Å². The number of fused-ring (bicyclic) bond motifs is 3. The maximum atomic E-state index is 11.9. The van der Waals surface area contributed by atoms with Crippen molar-refractivity contribution in [3.8, 4) is 0 Å². The molecule has 0 spiro atoms. The van der Waals surface area contributed by atoms with E-state index in [1.165, 1.54) is 7.11 Å². The van der Waals surface area contributed by atoms with Gasteiger partial charge in [-0.15, -0.1) is 0 Å². The van der Waals surface area contributed by atoms with E-state index in [-0.39, 0.29) is 5.97 Å². The number of nitrogens with zero attached hydrogens (tertiary/aromatic N) is 1. The van der Waals surface area contributed by atoms with Crippen molar-refractivity contribution in [1.82, 2.24) is 4.98 Å². The van der Waals surface area contributed by atoms with E-state index in [2.05, 4.69) is 29.6 Å². The molecule has 0 amide bonds. The van der Waals surface area contributed by atoms with Gasteiger partial charge in [0, 0.05) is 5.39 Å². The van der Waals surface area contributed by atoms with E-state index in [4.69, 9.17) is 9.72 Å². The van der Waals surface area contributed by atoms with Gasteiger partial charge in [0.05, 0.1) is 28.6 Å². The molecule has 0 aliphatic carbocycles. The van der Waals surface area contributed by atoms with Crippen LogP contribution in [0.15, 0.2) is 60.7 Å². The Labute approximate surface area is 142 Å². The minimum Gasteiger partial charge on any atom is -0.465 e. The van der Waals surface area contributed by atoms with E-state index < -0.39 is 0 Å². The lowest BCUT2D eigenvalue weighted by atomic mass is 10.1. The second kappa shape index (κ2) is 5.94. The molecule has 1 N–H and O–H groups in total. The molecule has 1 heterocycles. The smallest absolute Gasteiger partial charge is 0.339 e. The van der Waals surface area contributed by atoms with Gasteiger partial charge in [-0.2, -0.15) is 0 Å². The van der Waals surface area contributed by atoms with E-state index >= 15 is 0 Å². The number of para-hydroxylation sites is 1. The van der Waals surface area contributed by atoms with Crippen molar-refractivity contribution in [1.29, 1.82) is 0 Å². The van der Waals surface area contributed by atoms with E-state index in [9.17, 15) is 4.79 Å². The van der Waals surface area contributed by atoms with Crippen LogP contribution in [-0.2, 0) is 4.74 Å². The van der Waals surface area contributed by atoms with Gasteiger partial charge in [-0.3, -0.25) is 0 Å². The summed E-state index contributed by atoms with van der Waals surface area (Å²) in [4.78, 5) is 16.6. The lowest BCUT2D eigenvalue weighted by Gasteiger charge is -2.07. The Morgan fingerprint density at radius 1 is 1.04 bits per heavy atom. The van der Waals surface area contributed by atoms with Crippen LogP contribution in [0.4, 0.5) is 10.8 Å². The van der Waals surface area contributed by atoms with Gasteiger partial charge in [-0.1, -0.05) is 53.8 Å². The van der Waals surface area contributed by atoms with Crippen LogP contribution in [0.25, 0.3) is 21.0 Å². The third kappa shape index (κ3) is 2.49. The minimum absolute atomic E-state index is 0.371. The predicted octanol–water partition coefficient (Wildman–Crippen LogP) is 4.98. The number of thiazole rings is 1. The number of carbonyl (C=O) groups is 1. The summed E-state index contributed by atoms with van der Waals surface area (Å²) in [6, 6.07) is 19.6. The lowest BCUT2D eigenvalue weighted by molar-refractivity contribution is 0.0602. The molecule has 4 nitrogen and oxygen atoms in total. The van der Waals surface area contributed by atoms with E-state index in [0.717, 1.165) is 26.1 Å². The molecule has 118 valence electrons. The number of anilines is 2. The molecule has 3 aromatic carbocycles. The molecule has 0 bridgehead atoms. The summed E-state index contributed by atoms with van der Waals surface area (Å²) in [7, 11) is 1.38. The Bertz CT molecular complexity index is 1060. The average molecular weight is 334 g/mol. The molecule has 0 radical (unpaired) electrons. The van der Waals surface area contributed by atoms with E-state index in [0.29, 0.717) is 11.3 Å².